The summed E-state index contributed by atoms with van der Waals surface area (Å²) in [6.07, 6.45) is 0. The molecule has 2 heterocycles. The molecule has 1 aromatic carbocycles. The summed E-state index contributed by atoms with van der Waals surface area (Å²) >= 11 is 1.73. The van der Waals surface area contributed by atoms with Gasteiger partial charge in [-0.2, -0.15) is 0 Å². The molecule has 3 rings (SSSR count). The summed E-state index contributed by atoms with van der Waals surface area (Å²) in [6, 6.07) is 9.75. The van der Waals surface area contributed by atoms with Crippen molar-refractivity contribution in [2.45, 2.75) is 13.5 Å². The van der Waals surface area contributed by atoms with E-state index in [4.69, 9.17) is 0 Å². The molecule has 0 bridgehead atoms. The maximum absolute atomic E-state index is 11.8. The first-order valence-electron chi connectivity index (χ1n) is 6.85. The number of hydrogen-bond acceptors (Lipinski definition) is 4. The lowest BCUT2D eigenvalue weighted by molar-refractivity contribution is -0.114. The molecular formula is C16H16N2O2S. The second-order valence-corrected chi connectivity index (χ2v) is 6.02. The molecule has 4 nitrogen and oxygen atoms in total. The van der Waals surface area contributed by atoms with Crippen LogP contribution in [0.4, 0.5) is 11.4 Å². The van der Waals surface area contributed by atoms with E-state index in [1.54, 1.807) is 24.5 Å². The van der Waals surface area contributed by atoms with Crippen molar-refractivity contribution in [3.63, 3.8) is 0 Å². The summed E-state index contributed by atoms with van der Waals surface area (Å²) in [4.78, 5) is 28.5. The maximum atomic E-state index is 11.8. The van der Waals surface area contributed by atoms with Crippen LogP contribution in [-0.2, 0) is 11.3 Å². The molecule has 0 fully saturated rings. The van der Waals surface area contributed by atoms with Crippen LogP contribution < -0.4 is 9.80 Å². The standard InChI is InChI=1S/C16H16N2O2S/c1-3-18(10-12-5-4-8-21-12)11-6-7-13-14(9-11)17(2)16(20)15(13)19/h4-9H,3,10H2,1-2H3. The van der Waals surface area contributed by atoms with E-state index in [1.807, 2.05) is 18.2 Å². The Kier molecular flexibility index (Phi) is 3.51. The van der Waals surface area contributed by atoms with Crippen LogP contribution >= 0.6 is 11.3 Å². The number of fused-ring (bicyclic) bond motifs is 1. The van der Waals surface area contributed by atoms with Crippen molar-refractivity contribution >= 4 is 34.4 Å². The summed E-state index contributed by atoms with van der Waals surface area (Å²) in [5.74, 6) is -0.871. The smallest absolute Gasteiger partial charge is 0.299 e. The van der Waals surface area contributed by atoms with E-state index in [2.05, 4.69) is 23.3 Å². The first-order valence-corrected chi connectivity index (χ1v) is 7.73. The third-order valence-corrected chi connectivity index (χ3v) is 4.62. The van der Waals surface area contributed by atoms with Crippen molar-refractivity contribution in [2.75, 3.05) is 23.4 Å². The summed E-state index contributed by atoms with van der Waals surface area (Å²) in [5.41, 5.74) is 2.23. The first kappa shape index (κ1) is 13.8. The van der Waals surface area contributed by atoms with Gasteiger partial charge in [0.1, 0.15) is 0 Å². The molecule has 2 aromatic rings. The molecule has 21 heavy (non-hydrogen) atoms. The minimum Gasteiger partial charge on any atom is -0.367 e. The number of carbonyl (C=O) groups is 2. The van der Waals surface area contributed by atoms with Crippen molar-refractivity contribution in [1.29, 1.82) is 0 Å². The van der Waals surface area contributed by atoms with E-state index < -0.39 is 11.7 Å². The van der Waals surface area contributed by atoms with Crippen molar-refractivity contribution in [1.82, 2.24) is 0 Å². The van der Waals surface area contributed by atoms with Gasteiger partial charge in [-0.1, -0.05) is 6.07 Å². The molecule has 0 aliphatic carbocycles. The highest BCUT2D eigenvalue weighted by Crippen LogP contribution is 2.32. The quantitative estimate of drug-likeness (QED) is 0.815. The molecule has 0 saturated heterocycles. The lowest BCUT2D eigenvalue weighted by Gasteiger charge is -2.23. The Labute approximate surface area is 127 Å². The van der Waals surface area contributed by atoms with Crippen LogP contribution in [-0.4, -0.2) is 25.3 Å². The van der Waals surface area contributed by atoms with Gasteiger partial charge in [0.05, 0.1) is 17.8 Å². The van der Waals surface area contributed by atoms with E-state index in [1.165, 1.54) is 9.78 Å². The van der Waals surface area contributed by atoms with Crippen LogP contribution in [0.15, 0.2) is 35.7 Å². The SMILES string of the molecule is CCN(Cc1cccs1)c1ccc2c(c1)N(C)C(=O)C2=O. The van der Waals surface area contributed by atoms with Gasteiger partial charge in [0.25, 0.3) is 11.7 Å². The van der Waals surface area contributed by atoms with Crippen LogP contribution in [0.2, 0.25) is 0 Å². The number of thiophene rings is 1. The molecule has 1 amide bonds. The van der Waals surface area contributed by atoms with Gasteiger partial charge in [0.2, 0.25) is 0 Å². The fourth-order valence-electron chi connectivity index (χ4n) is 2.54. The Bertz CT molecular complexity index is 694. The summed E-state index contributed by atoms with van der Waals surface area (Å²) < 4.78 is 0. The molecule has 1 aliphatic rings. The Hall–Kier alpha value is -2.14. The van der Waals surface area contributed by atoms with Gasteiger partial charge in [-0.3, -0.25) is 9.59 Å². The number of rotatable bonds is 4. The Morgan fingerprint density at radius 3 is 2.71 bits per heavy atom. The maximum Gasteiger partial charge on any atom is 0.299 e. The Balaban J connectivity index is 1.93. The average Bonchev–Trinajstić information content (AvgIpc) is 3.09. The van der Waals surface area contributed by atoms with E-state index >= 15 is 0 Å². The molecule has 0 unspecified atom stereocenters. The summed E-state index contributed by atoms with van der Waals surface area (Å²) in [7, 11) is 1.64. The van der Waals surface area contributed by atoms with Crippen LogP contribution in [0.1, 0.15) is 22.2 Å². The molecule has 0 atom stereocenters. The highest BCUT2D eigenvalue weighted by Gasteiger charge is 2.33. The molecule has 0 N–H and O–H groups in total. The zero-order valence-electron chi connectivity index (χ0n) is 12.0. The second-order valence-electron chi connectivity index (χ2n) is 4.99. The van der Waals surface area contributed by atoms with Crippen molar-refractivity contribution in [2.24, 2.45) is 0 Å². The zero-order chi connectivity index (χ0) is 15.0. The monoisotopic (exact) mass is 300 g/mol. The Morgan fingerprint density at radius 1 is 1.24 bits per heavy atom. The second kappa shape index (κ2) is 5.33. The van der Waals surface area contributed by atoms with Gasteiger partial charge in [-0.15, -0.1) is 11.3 Å². The number of nitrogens with zero attached hydrogens (tertiary/aromatic N) is 2. The third-order valence-electron chi connectivity index (χ3n) is 3.76. The Morgan fingerprint density at radius 2 is 2.05 bits per heavy atom. The molecule has 108 valence electrons. The van der Waals surface area contributed by atoms with Crippen LogP contribution in [0.3, 0.4) is 0 Å². The molecule has 0 spiro atoms. The van der Waals surface area contributed by atoms with Crippen molar-refractivity contribution in [3.8, 4) is 0 Å². The van der Waals surface area contributed by atoms with Gasteiger partial charge in [-0.25, -0.2) is 0 Å². The van der Waals surface area contributed by atoms with Crippen LogP contribution in [0.25, 0.3) is 0 Å². The van der Waals surface area contributed by atoms with Crippen LogP contribution in [0.5, 0.6) is 0 Å². The predicted octanol–water partition coefficient (Wildman–Crippen LogP) is 2.93. The molecular weight excluding hydrogens is 284 g/mol. The number of benzene rings is 1. The fraction of sp³-hybridized carbons (Fsp3) is 0.250. The van der Waals surface area contributed by atoms with Gasteiger partial charge in [0.15, 0.2) is 0 Å². The van der Waals surface area contributed by atoms with E-state index in [0.717, 1.165) is 18.8 Å². The lowest BCUT2D eigenvalue weighted by Crippen LogP contribution is -2.25. The number of anilines is 2. The number of amides is 1. The lowest BCUT2D eigenvalue weighted by atomic mass is 10.1. The molecule has 0 radical (unpaired) electrons. The third kappa shape index (κ3) is 2.34. The van der Waals surface area contributed by atoms with Crippen molar-refractivity contribution < 1.29 is 9.59 Å². The van der Waals surface area contributed by atoms with Gasteiger partial charge in [-0.05, 0) is 36.6 Å². The van der Waals surface area contributed by atoms with Gasteiger partial charge >= 0.3 is 0 Å². The highest BCUT2D eigenvalue weighted by molar-refractivity contribution is 7.09. The number of Topliss-reactive ketones (excluding diaryl/α,β-unsaturated/α-hetero) is 1. The van der Waals surface area contributed by atoms with Crippen molar-refractivity contribution in [3.05, 3.63) is 46.2 Å². The van der Waals surface area contributed by atoms with Gasteiger partial charge < -0.3 is 9.80 Å². The van der Waals surface area contributed by atoms with Gasteiger partial charge in [0, 0.05) is 24.2 Å². The highest BCUT2D eigenvalue weighted by atomic mass is 32.1. The summed E-state index contributed by atoms with van der Waals surface area (Å²) in [6.45, 7) is 3.79. The average molecular weight is 300 g/mol. The molecule has 1 aliphatic heterocycles. The minimum absolute atomic E-state index is 0.416. The predicted molar refractivity (Wildman–Crippen MR) is 85.2 cm³/mol. The molecule has 5 heteroatoms. The fourth-order valence-corrected chi connectivity index (χ4v) is 3.26. The topological polar surface area (TPSA) is 40.6 Å². The van der Waals surface area contributed by atoms with E-state index in [-0.39, 0.29) is 0 Å². The number of ketones is 1. The van der Waals surface area contributed by atoms with E-state index in [0.29, 0.717) is 11.3 Å². The minimum atomic E-state index is -0.455. The normalized spacial score (nSPS) is 13.7. The first-order chi connectivity index (χ1) is 10.1. The number of hydrogen-bond donors (Lipinski definition) is 0. The zero-order valence-corrected chi connectivity index (χ0v) is 12.8. The summed E-state index contributed by atoms with van der Waals surface area (Å²) in [5, 5.41) is 2.07. The number of carbonyl (C=O) groups excluding carboxylic acids is 2. The molecule has 1 aromatic heterocycles. The molecule has 0 saturated carbocycles. The van der Waals surface area contributed by atoms with E-state index in [9.17, 15) is 9.59 Å². The number of likely N-dealkylation sites (N-methyl/N-ethyl adjacent to an activating group) is 1. The largest absolute Gasteiger partial charge is 0.367 e. The van der Waals surface area contributed by atoms with Crippen LogP contribution in [0, 0.1) is 0 Å².